The van der Waals surface area contributed by atoms with E-state index in [0.29, 0.717) is 6.04 Å². The Morgan fingerprint density at radius 1 is 1.16 bits per heavy atom. The van der Waals surface area contributed by atoms with Gasteiger partial charge >= 0.3 is 0 Å². The van der Waals surface area contributed by atoms with Gasteiger partial charge in [0.15, 0.2) is 0 Å². The van der Waals surface area contributed by atoms with Crippen molar-refractivity contribution in [1.29, 1.82) is 0 Å². The van der Waals surface area contributed by atoms with E-state index in [1.54, 1.807) is 0 Å². The highest BCUT2D eigenvalue weighted by molar-refractivity contribution is 7.99. The van der Waals surface area contributed by atoms with Gasteiger partial charge in [-0.1, -0.05) is 26.0 Å². The number of benzene rings is 1. The molecule has 1 N–H and O–H groups in total. The molecule has 1 atom stereocenters. The van der Waals surface area contributed by atoms with Crippen molar-refractivity contribution in [2.45, 2.75) is 37.6 Å². The Labute approximate surface area is 123 Å². The summed E-state index contributed by atoms with van der Waals surface area (Å²) in [4.78, 5) is 3.60. The minimum atomic E-state index is 0.501. The highest BCUT2D eigenvalue weighted by Crippen LogP contribution is 2.22. The molecule has 1 aromatic carbocycles. The number of hydrogen-bond donors (Lipinski definition) is 1. The molecular weight excluding hydrogens is 252 g/mol. The molecule has 0 aromatic heterocycles. The van der Waals surface area contributed by atoms with E-state index in [2.05, 4.69) is 62.4 Å². The molecule has 1 unspecified atom stereocenters. The topological polar surface area (TPSA) is 15.3 Å². The smallest absolute Gasteiger partial charge is 0.0317 e. The van der Waals surface area contributed by atoms with Crippen molar-refractivity contribution in [3.63, 3.8) is 0 Å². The molecule has 0 amide bonds. The second kappa shape index (κ2) is 9.40. The molecule has 0 spiro atoms. The summed E-state index contributed by atoms with van der Waals surface area (Å²) >= 11 is 1.93. The predicted molar refractivity (Wildman–Crippen MR) is 87.0 cm³/mol. The number of hydrogen-bond acceptors (Lipinski definition) is 3. The van der Waals surface area contributed by atoms with Crippen LogP contribution in [0.2, 0.25) is 0 Å². The standard InChI is InChI=1S/C16H28N2S/c1-5-11-17-16(6-2)14-7-9-15(10-8-14)19-13-12-18(3)4/h7-10,16-17H,5-6,11-13H2,1-4H3. The molecule has 0 heterocycles. The van der Waals surface area contributed by atoms with E-state index in [1.165, 1.54) is 16.9 Å². The molecule has 2 nitrogen and oxygen atoms in total. The van der Waals surface area contributed by atoms with E-state index < -0.39 is 0 Å². The maximum atomic E-state index is 3.60. The first kappa shape index (κ1) is 16.5. The van der Waals surface area contributed by atoms with Gasteiger partial charge in [0.2, 0.25) is 0 Å². The quantitative estimate of drug-likeness (QED) is 0.693. The second-order valence-electron chi connectivity index (χ2n) is 5.14. The van der Waals surface area contributed by atoms with Crippen LogP contribution in [0.15, 0.2) is 29.2 Å². The normalized spacial score (nSPS) is 12.9. The summed E-state index contributed by atoms with van der Waals surface area (Å²) in [6.07, 6.45) is 2.34. The Balaban J connectivity index is 2.49. The first-order valence-corrected chi connectivity index (χ1v) is 8.26. The summed E-state index contributed by atoms with van der Waals surface area (Å²) in [7, 11) is 4.24. The lowest BCUT2D eigenvalue weighted by Gasteiger charge is -2.17. The molecule has 0 radical (unpaired) electrons. The van der Waals surface area contributed by atoms with Crippen LogP contribution in [0.25, 0.3) is 0 Å². The maximum absolute atomic E-state index is 3.60. The average Bonchev–Trinajstić information content (AvgIpc) is 2.41. The minimum absolute atomic E-state index is 0.501. The number of nitrogens with one attached hydrogen (secondary N) is 1. The molecule has 19 heavy (non-hydrogen) atoms. The van der Waals surface area contributed by atoms with E-state index in [4.69, 9.17) is 0 Å². The molecule has 0 saturated carbocycles. The zero-order valence-corrected chi connectivity index (χ0v) is 13.6. The SMILES string of the molecule is CCCNC(CC)c1ccc(SCCN(C)C)cc1. The zero-order valence-electron chi connectivity index (χ0n) is 12.8. The Hall–Kier alpha value is -0.510. The molecule has 108 valence electrons. The predicted octanol–water partition coefficient (Wildman–Crippen LogP) is 3.79. The van der Waals surface area contributed by atoms with Crippen LogP contribution >= 0.6 is 11.8 Å². The van der Waals surface area contributed by atoms with Gasteiger partial charge < -0.3 is 10.2 Å². The molecular formula is C16H28N2S. The fraction of sp³-hybridized carbons (Fsp3) is 0.625. The Kier molecular flexibility index (Phi) is 8.19. The first-order chi connectivity index (χ1) is 9.17. The lowest BCUT2D eigenvalue weighted by molar-refractivity contribution is 0.437. The van der Waals surface area contributed by atoms with E-state index in [1.807, 2.05) is 11.8 Å². The highest BCUT2D eigenvalue weighted by atomic mass is 32.2. The zero-order chi connectivity index (χ0) is 14.1. The molecule has 3 heteroatoms. The van der Waals surface area contributed by atoms with Crippen LogP contribution in [0, 0.1) is 0 Å². The molecule has 0 bridgehead atoms. The van der Waals surface area contributed by atoms with Crippen LogP contribution in [0.4, 0.5) is 0 Å². The van der Waals surface area contributed by atoms with Crippen LogP contribution in [-0.4, -0.2) is 37.8 Å². The average molecular weight is 280 g/mol. The van der Waals surface area contributed by atoms with Crippen molar-refractivity contribution in [2.24, 2.45) is 0 Å². The molecule has 1 rings (SSSR count). The summed E-state index contributed by atoms with van der Waals surface area (Å²) in [5.41, 5.74) is 1.41. The second-order valence-corrected chi connectivity index (χ2v) is 6.30. The fourth-order valence-electron chi connectivity index (χ4n) is 1.96. The van der Waals surface area contributed by atoms with E-state index in [0.717, 1.165) is 25.3 Å². The number of nitrogens with zero attached hydrogens (tertiary/aromatic N) is 1. The van der Waals surface area contributed by atoms with E-state index in [9.17, 15) is 0 Å². The van der Waals surface area contributed by atoms with Crippen LogP contribution < -0.4 is 5.32 Å². The van der Waals surface area contributed by atoms with Crippen LogP contribution in [0.5, 0.6) is 0 Å². The lowest BCUT2D eigenvalue weighted by Crippen LogP contribution is -2.21. The van der Waals surface area contributed by atoms with E-state index in [-0.39, 0.29) is 0 Å². The third-order valence-corrected chi connectivity index (χ3v) is 4.13. The van der Waals surface area contributed by atoms with Gasteiger partial charge in [0.25, 0.3) is 0 Å². The van der Waals surface area contributed by atoms with Crippen LogP contribution in [0.3, 0.4) is 0 Å². The Bertz CT molecular complexity index is 335. The first-order valence-electron chi connectivity index (χ1n) is 7.28. The highest BCUT2D eigenvalue weighted by Gasteiger charge is 2.07. The molecule has 0 saturated heterocycles. The summed E-state index contributed by atoms with van der Waals surface area (Å²) in [5, 5.41) is 3.60. The molecule has 0 fully saturated rings. The molecule has 0 aliphatic carbocycles. The van der Waals surface area contributed by atoms with Gasteiger partial charge in [-0.25, -0.2) is 0 Å². The van der Waals surface area contributed by atoms with Crippen molar-refractivity contribution in [3.8, 4) is 0 Å². The van der Waals surface area contributed by atoms with Crippen molar-refractivity contribution >= 4 is 11.8 Å². The Morgan fingerprint density at radius 2 is 1.84 bits per heavy atom. The minimum Gasteiger partial charge on any atom is -0.310 e. The van der Waals surface area contributed by atoms with Crippen LogP contribution in [-0.2, 0) is 0 Å². The van der Waals surface area contributed by atoms with Gasteiger partial charge in [0.1, 0.15) is 0 Å². The third-order valence-electron chi connectivity index (χ3n) is 3.14. The summed E-state index contributed by atoms with van der Waals surface area (Å²) in [5.74, 6) is 1.15. The largest absolute Gasteiger partial charge is 0.310 e. The monoisotopic (exact) mass is 280 g/mol. The van der Waals surface area contributed by atoms with Gasteiger partial charge in [-0.3, -0.25) is 0 Å². The van der Waals surface area contributed by atoms with Gasteiger partial charge in [0.05, 0.1) is 0 Å². The van der Waals surface area contributed by atoms with Crippen molar-refractivity contribution in [1.82, 2.24) is 10.2 Å². The maximum Gasteiger partial charge on any atom is 0.0317 e. The lowest BCUT2D eigenvalue weighted by atomic mass is 10.0. The van der Waals surface area contributed by atoms with Gasteiger partial charge in [-0.15, -0.1) is 11.8 Å². The number of thioether (sulfide) groups is 1. The van der Waals surface area contributed by atoms with Crippen LogP contribution in [0.1, 0.15) is 38.3 Å². The van der Waals surface area contributed by atoms with E-state index >= 15 is 0 Å². The Morgan fingerprint density at radius 3 is 2.37 bits per heavy atom. The summed E-state index contributed by atoms with van der Waals surface area (Å²) in [6, 6.07) is 9.56. The molecule has 0 aliphatic heterocycles. The van der Waals surface area contributed by atoms with Crippen molar-refractivity contribution in [3.05, 3.63) is 29.8 Å². The summed E-state index contributed by atoms with van der Waals surface area (Å²) < 4.78 is 0. The number of rotatable bonds is 9. The van der Waals surface area contributed by atoms with Crippen molar-refractivity contribution < 1.29 is 0 Å². The van der Waals surface area contributed by atoms with Gasteiger partial charge in [0, 0.05) is 23.2 Å². The summed E-state index contributed by atoms with van der Waals surface area (Å²) in [6.45, 7) is 6.68. The van der Waals surface area contributed by atoms with Gasteiger partial charge in [-0.2, -0.15) is 0 Å². The van der Waals surface area contributed by atoms with Gasteiger partial charge in [-0.05, 0) is 51.2 Å². The molecule has 1 aromatic rings. The molecule has 0 aliphatic rings. The third kappa shape index (κ3) is 6.46. The van der Waals surface area contributed by atoms with Crippen molar-refractivity contribution in [2.75, 3.05) is 32.9 Å². The fourth-order valence-corrected chi connectivity index (χ4v) is 2.98.